The van der Waals surface area contributed by atoms with Gasteiger partial charge in [0.15, 0.2) is 8.32 Å². The molecule has 1 atom stereocenters. The molecule has 1 N–H and O–H groups in total. The largest absolute Gasteiger partial charge is 0.416 e. The van der Waals surface area contributed by atoms with Crippen LogP contribution in [0, 0.1) is 11.9 Å². The van der Waals surface area contributed by atoms with E-state index < -0.39 is 14.3 Å². The summed E-state index contributed by atoms with van der Waals surface area (Å²) in [5.41, 5.74) is 0.241. The maximum atomic E-state index is 13.7. The van der Waals surface area contributed by atoms with Gasteiger partial charge in [-0.1, -0.05) is 20.8 Å². The SMILES string of the molecule is CC(C)(C)[Si](C)(C)OC[C@H]1CCN(c2ccc(CO)c(F)n2)C1. The third-order valence-electron chi connectivity index (χ3n) is 5.18. The van der Waals surface area contributed by atoms with E-state index in [0.29, 0.717) is 11.7 Å². The molecule has 6 heteroatoms. The maximum Gasteiger partial charge on any atom is 0.220 e. The predicted octanol–water partition coefficient (Wildman–Crippen LogP) is 3.56. The molecule has 4 nitrogen and oxygen atoms in total. The molecular weight excluding hydrogens is 311 g/mol. The fourth-order valence-corrected chi connectivity index (χ4v) is 3.55. The van der Waals surface area contributed by atoms with Crippen molar-refractivity contribution >= 4 is 14.1 Å². The highest BCUT2D eigenvalue weighted by Crippen LogP contribution is 2.37. The van der Waals surface area contributed by atoms with Crippen LogP contribution < -0.4 is 4.90 Å². The second-order valence-electron chi connectivity index (χ2n) is 7.95. The van der Waals surface area contributed by atoms with E-state index in [2.05, 4.69) is 43.7 Å². The molecule has 0 aromatic carbocycles. The predicted molar refractivity (Wildman–Crippen MR) is 93.6 cm³/mol. The first-order valence-electron chi connectivity index (χ1n) is 8.29. The van der Waals surface area contributed by atoms with Gasteiger partial charge in [-0.3, -0.25) is 0 Å². The summed E-state index contributed by atoms with van der Waals surface area (Å²) in [6.07, 6.45) is 1.04. The first-order valence-corrected chi connectivity index (χ1v) is 11.2. The lowest BCUT2D eigenvalue weighted by atomic mass is 10.1. The Balaban J connectivity index is 1.93. The Labute approximate surface area is 139 Å². The summed E-state index contributed by atoms with van der Waals surface area (Å²) in [5, 5.41) is 9.24. The van der Waals surface area contributed by atoms with Crippen molar-refractivity contribution in [3.63, 3.8) is 0 Å². The number of anilines is 1. The van der Waals surface area contributed by atoms with Gasteiger partial charge in [0.1, 0.15) is 5.82 Å². The monoisotopic (exact) mass is 340 g/mol. The molecule has 1 aliphatic heterocycles. The Morgan fingerprint density at radius 2 is 2.09 bits per heavy atom. The highest BCUT2D eigenvalue weighted by molar-refractivity contribution is 6.74. The van der Waals surface area contributed by atoms with Gasteiger partial charge in [-0.05, 0) is 36.7 Å². The number of rotatable bonds is 5. The molecule has 1 fully saturated rings. The van der Waals surface area contributed by atoms with E-state index in [9.17, 15) is 4.39 Å². The van der Waals surface area contributed by atoms with Crippen molar-refractivity contribution in [2.75, 3.05) is 24.6 Å². The number of halogens is 1. The second kappa shape index (κ2) is 6.87. The quantitative estimate of drug-likeness (QED) is 0.657. The molecule has 2 heterocycles. The summed E-state index contributed by atoms with van der Waals surface area (Å²) in [6.45, 7) is 13.4. The summed E-state index contributed by atoms with van der Waals surface area (Å²) in [6, 6.07) is 3.39. The zero-order valence-corrected chi connectivity index (χ0v) is 15.9. The summed E-state index contributed by atoms with van der Waals surface area (Å²) in [4.78, 5) is 6.08. The molecule has 23 heavy (non-hydrogen) atoms. The van der Waals surface area contributed by atoms with E-state index in [4.69, 9.17) is 9.53 Å². The van der Waals surface area contributed by atoms with Crippen molar-refractivity contribution in [3.8, 4) is 0 Å². The molecule has 1 saturated heterocycles. The van der Waals surface area contributed by atoms with Gasteiger partial charge in [0, 0.05) is 31.2 Å². The lowest BCUT2D eigenvalue weighted by Gasteiger charge is -2.37. The molecule has 1 aromatic heterocycles. The van der Waals surface area contributed by atoms with E-state index in [1.54, 1.807) is 12.1 Å². The molecule has 0 unspecified atom stereocenters. The smallest absolute Gasteiger partial charge is 0.220 e. The fraction of sp³-hybridized carbons (Fsp3) is 0.706. The van der Waals surface area contributed by atoms with Gasteiger partial charge in [0.2, 0.25) is 5.95 Å². The molecule has 1 aliphatic rings. The Morgan fingerprint density at radius 1 is 1.39 bits per heavy atom. The Bertz CT molecular complexity index is 546. The van der Waals surface area contributed by atoms with Crippen molar-refractivity contribution in [1.29, 1.82) is 0 Å². The van der Waals surface area contributed by atoms with Crippen LogP contribution >= 0.6 is 0 Å². The van der Waals surface area contributed by atoms with Gasteiger partial charge in [0.25, 0.3) is 0 Å². The molecule has 130 valence electrons. The number of hydrogen-bond acceptors (Lipinski definition) is 4. The molecule has 0 amide bonds. The van der Waals surface area contributed by atoms with E-state index in [0.717, 1.165) is 26.1 Å². The minimum Gasteiger partial charge on any atom is -0.416 e. The molecule has 2 rings (SSSR count). The standard InChI is InChI=1S/C17H29FN2O2Si/c1-17(2,3)23(4,5)22-12-13-8-9-20(10-13)15-7-6-14(11-21)16(18)19-15/h6-7,13,21H,8-12H2,1-5H3/t13-/m0/s1. The first kappa shape index (κ1) is 18.4. The van der Waals surface area contributed by atoms with Gasteiger partial charge in [-0.15, -0.1) is 0 Å². The van der Waals surface area contributed by atoms with E-state index >= 15 is 0 Å². The van der Waals surface area contributed by atoms with Crippen molar-refractivity contribution < 1.29 is 13.9 Å². The minimum absolute atomic E-state index is 0.218. The third kappa shape index (κ3) is 4.31. The van der Waals surface area contributed by atoms with Crippen LogP contribution in [0.2, 0.25) is 18.1 Å². The number of aromatic nitrogens is 1. The molecule has 0 radical (unpaired) electrons. The number of aliphatic hydroxyl groups excluding tert-OH is 1. The molecule has 0 saturated carbocycles. The van der Waals surface area contributed by atoms with Gasteiger partial charge in [-0.2, -0.15) is 4.39 Å². The molecule has 0 aliphatic carbocycles. The summed E-state index contributed by atoms with van der Waals surface area (Å²) >= 11 is 0. The van der Waals surface area contributed by atoms with E-state index in [1.165, 1.54) is 0 Å². The van der Waals surface area contributed by atoms with Gasteiger partial charge >= 0.3 is 0 Å². The van der Waals surface area contributed by atoms with Crippen LogP contribution in [0.1, 0.15) is 32.8 Å². The third-order valence-corrected chi connectivity index (χ3v) is 9.68. The normalized spacial score (nSPS) is 19.4. The van der Waals surface area contributed by atoms with Gasteiger partial charge in [0.05, 0.1) is 6.61 Å². The van der Waals surface area contributed by atoms with Crippen LogP contribution in [-0.4, -0.2) is 38.1 Å². The summed E-state index contributed by atoms with van der Waals surface area (Å²) in [5.74, 6) is 0.534. The minimum atomic E-state index is -1.72. The lowest BCUT2D eigenvalue weighted by Crippen LogP contribution is -2.42. The highest BCUT2D eigenvalue weighted by atomic mass is 28.4. The van der Waals surface area contributed by atoms with Crippen LogP contribution in [0.3, 0.4) is 0 Å². The van der Waals surface area contributed by atoms with Crippen LogP contribution in [-0.2, 0) is 11.0 Å². The maximum absolute atomic E-state index is 13.7. The molecule has 1 aromatic rings. The molecule has 0 spiro atoms. The average Bonchev–Trinajstić information content (AvgIpc) is 2.93. The highest BCUT2D eigenvalue weighted by Gasteiger charge is 2.38. The van der Waals surface area contributed by atoms with Crippen molar-refractivity contribution in [3.05, 3.63) is 23.6 Å². The van der Waals surface area contributed by atoms with Crippen LogP contribution in [0.5, 0.6) is 0 Å². The van der Waals surface area contributed by atoms with Crippen molar-refractivity contribution in [2.45, 2.75) is 51.9 Å². The van der Waals surface area contributed by atoms with Crippen LogP contribution in [0.4, 0.5) is 10.2 Å². The average molecular weight is 341 g/mol. The van der Waals surface area contributed by atoms with Gasteiger partial charge < -0.3 is 14.4 Å². The zero-order valence-electron chi connectivity index (χ0n) is 14.9. The number of aliphatic hydroxyl groups is 1. The van der Waals surface area contributed by atoms with E-state index in [-0.39, 0.29) is 17.2 Å². The second-order valence-corrected chi connectivity index (χ2v) is 12.8. The van der Waals surface area contributed by atoms with E-state index in [1.807, 2.05) is 0 Å². The van der Waals surface area contributed by atoms with Crippen LogP contribution in [0.25, 0.3) is 0 Å². The van der Waals surface area contributed by atoms with Crippen molar-refractivity contribution in [1.82, 2.24) is 4.98 Å². The molecular formula is C17H29FN2O2Si. The topological polar surface area (TPSA) is 45.6 Å². The fourth-order valence-electron chi connectivity index (χ4n) is 2.47. The summed E-state index contributed by atoms with van der Waals surface area (Å²) in [7, 11) is -1.72. The first-order chi connectivity index (χ1) is 10.6. The number of nitrogens with zero attached hydrogens (tertiary/aromatic N) is 2. The van der Waals surface area contributed by atoms with Crippen LogP contribution in [0.15, 0.2) is 12.1 Å². The van der Waals surface area contributed by atoms with Crippen molar-refractivity contribution in [2.24, 2.45) is 5.92 Å². The lowest BCUT2D eigenvalue weighted by molar-refractivity contribution is 0.238. The molecule has 0 bridgehead atoms. The summed E-state index contributed by atoms with van der Waals surface area (Å²) < 4.78 is 20.0. The Kier molecular flexibility index (Phi) is 5.48. The Hall–Kier alpha value is -0.983. The number of hydrogen-bond donors (Lipinski definition) is 1. The Morgan fingerprint density at radius 3 is 2.65 bits per heavy atom. The zero-order chi connectivity index (χ0) is 17.3. The number of pyridine rings is 1. The van der Waals surface area contributed by atoms with Gasteiger partial charge in [-0.25, -0.2) is 4.98 Å².